The molecular formula is C17H19FN2O4. The Morgan fingerprint density at radius 2 is 2.04 bits per heavy atom. The number of ether oxygens (including phenoxy) is 2. The van der Waals surface area contributed by atoms with Crippen molar-refractivity contribution in [3.8, 4) is 11.5 Å². The number of carbonyl (C=O) groups is 1. The predicted molar refractivity (Wildman–Crippen MR) is 85.6 cm³/mol. The zero-order valence-electron chi connectivity index (χ0n) is 13.5. The van der Waals surface area contributed by atoms with Crippen LogP contribution in [0.1, 0.15) is 15.9 Å². The van der Waals surface area contributed by atoms with E-state index in [1.807, 2.05) is 0 Å². The van der Waals surface area contributed by atoms with E-state index in [0.717, 1.165) is 11.6 Å². The first kappa shape index (κ1) is 17.7. The zero-order valence-corrected chi connectivity index (χ0v) is 13.5. The molecule has 0 aliphatic carbocycles. The molecule has 0 unspecified atom stereocenters. The van der Waals surface area contributed by atoms with E-state index in [-0.39, 0.29) is 25.3 Å². The number of rotatable bonds is 7. The normalized spacial score (nSPS) is 10.3. The minimum atomic E-state index is -0.730. The van der Waals surface area contributed by atoms with Gasteiger partial charge in [0.15, 0.2) is 0 Å². The van der Waals surface area contributed by atoms with Crippen molar-refractivity contribution in [2.45, 2.75) is 6.54 Å². The second-order valence-electron chi connectivity index (χ2n) is 5.00. The third kappa shape index (κ3) is 4.20. The number of aliphatic hydroxyl groups is 1. The largest absolute Gasteiger partial charge is 0.497 e. The molecule has 0 fully saturated rings. The van der Waals surface area contributed by atoms with Crippen molar-refractivity contribution in [1.82, 2.24) is 9.88 Å². The van der Waals surface area contributed by atoms with Gasteiger partial charge in [-0.25, -0.2) is 4.98 Å². The second kappa shape index (κ2) is 8.26. The molecule has 0 spiro atoms. The standard InChI is InChI=1S/C17H19FN2O4/c1-23-14-4-3-13(15(10-14)24-2)11-20(7-8-21)17(22)12-5-6-19-16(18)9-12/h3-6,9-10,21H,7-8,11H2,1-2H3. The first-order valence-electron chi connectivity index (χ1n) is 7.31. The maximum Gasteiger partial charge on any atom is 0.254 e. The van der Waals surface area contributed by atoms with E-state index in [1.54, 1.807) is 25.3 Å². The molecule has 7 heteroatoms. The molecule has 1 heterocycles. The molecule has 0 aliphatic heterocycles. The van der Waals surface area contributed by atoms with Gasteiger partial charge in [-0.05, 0) is 18.2 Å². The van der Waals surface area contributed by atoms with Gasteiger partial charge in [0.2, 0.25) is 5.95 Å². The fourth-order valence-electron chi connectivity index (χ4n) is 2.28. The van der Waals surface area contributed by atoms with Crippen LogP contribution in [0, 0.1) is 5.95 Å². The Labute approximate surface area is 139 Å². The summed E-state index contributed by atoms with van der Waals surface area (Å²) in [7, 11) is 3.07. The first-order valence-corrected chi connectivity index (χ1v) is 7.31. The molecule has 24 heavy (non-hydrogen) atoms. The Bertz CT molecular complexity index is 709. The molecule has 2 aromatic rings. The van der Waals surface area contributed by atoms with Gasteiger partial charge in [0.25, 0.3) is 5.91 Å². The molecule has 1 N–H and O–H groups in total. The second-order valence-corrected chi connectivity index (χ2v) is 5.00. The van der Waals surface area contributed by atoms with Crippen LogP contribution in [0.5, 0.6) is 11.5 Å². The highest BCUT2D eigenvalue weighted by molar-refractivity contribution is 5.94. The lowest BCUT2D eigenvalue weighted by molar-refractivity contribution is 0.0706. The average Bonchev–Trinajstić information content (AvgIpc) is 2.61. The van der Waals surface area contributed by atoms with Crippen LogP contribution >= 0.6 is 0 Å². The van der Waals surface area contributed by atoms with Crippen molar-refractivity contribution in [2.75, 3.05) is 27.4 Å². The first-order chi connectivity index (χ1) is 11.6. The quantitative estimate of drug-likeness (QED) is 0.783. The lowest BCUT2D eigenvalue weighted by Crippen LogP contribution is -2.33. The lowest BCUT2D eigenvalue weighted by atomic mass is 10.1. The van der Waals surface area contributed by atoms with E-state index in [1.165, 1.54) is 24.3 Å². The van der Waals surface area contributed by atoms with Crippen LogP contribution in [0.15, 0.2) is 36.5 Å². The van der Waals surface area contributed by atoms with Crippen molar-refractivity contribution >= 4 is 5.91 Å². The molecule has 128 valence electrons. The zero-order chi connectivity index (χ0) is 17.5. The van der Waals surface area contributed by atoms with E-state index in [2.05, 4.69) is 4.98 Å². The summed E-state index contributed by atoms with van der Waals surface area (Å²) in [6, 6.07) is 7.75. The average molecular weight is 334 g/mol. The molecule has 2 rings (SSSR count). The van der Waals surface area contributed by atoms with Gasteiger partial charge in [0.05, 0.1) is 20.8 Å². The van der Waals surface area contributed by atoms with Gasteiger partial charge in [-0.1, -0.05) is 0 Å². The van der Waals surface area contributed by atoms with E-state index in [4.69, 9.17) is 9.47 Å². The van der Waals surface area contributed by atoms with Crippen molar-refractivity contribution in [1.29, 1.82) is 0 Å². The highest BCUT2D eigenvalue weighted by atomic mass is 19.1. The fourth-order valence-corrected chi connectivity index (χ4v) is 2.28. The Morgan fingerprint density at radius 3 is 2.67 bits per heavy atom. The number of halogens is 1. The van der Waals surface area contributed by atoms with Gasteiger partial charge in [-0.15, -0.1) is 0 Å². The number of benzene rings is 1. The summed E-state index contributed by atoms with van der Waals surface area (Å²) in [6.45, 7) is 0.103. The molecule has 0 radical (unpaired) electrons. The Balaban J connectivity index is 2.27. The van der Waals surface area contributed by atoms with Gasteiger partial charge in [0.1, 0.15) is 11.5 Å². The molecule has 0 saturated heterocycles. The summed E-state index contributed by atoms with van der Waals surface area (Å²) in [5.41, 5.74) is 0.915. The van der Waals surface area contributed by atoms with Crippen LogP contribution in [0.25, 0.3) is 0 Å². The van der Waals surface area contributed by atoms with Crippen LogP contribution in [-0.4, -0.2) is 48.3 Å². The molecular weight excluding hydrogens is 315 g/mol. The summed E-state index contributed by atoms with van der Waals surface area (Å²) < 4.78 is 23.7. The SMILES string of the molecule is COc1ccc(CN(CCO)C(=O)c2ccnc(F)c2)c(OC)c1. The van der Waals surface area contributed by atoms with E-state index >= 15 is 0 Å². The minimum absolute atomic E-state index is 0.109. The smallest absolute Gasteiger partial charge is 0.254 e. The Hall–Kier alpha value is -2.67. The van der Waals surface area contributed by atoms with Crippen molar-refractivity contribution in [3.05, 3.63) is 53.6 Å². The third-order valence-corrected chi connectivity index (χ3v) is 3.49. The van der Waals surface area contributed by atoms with Crippen molar-refractivity contribution < 1.29 is 23.8 Å². The van der Waals surface area contributed by atoms with Gasteiger partial charge in [-0.2, -0.15) is 4.39 Å². The maximum atomic E-state index is 13.2. The van der Waals surface area contributed by atoms with Crippen LogP contribution in [0.3, 0.4) is 0 Å². The van der Waals surface area contributed by atoms with Crippen LogP contribution in [0.4, 0.5) is 4.39 Å². The summed E-state index contributed by atoms with van der Waals surface area (Å²) >= 11 is 0. The number of hydrogen-bond acceptors (Lipinski definition) is 5. The summed E-state index contributed by atoms with van der Waals surface area (Å²) in [4.78, 5) is 17.4. The highest BCUT2D eigenvalue weighted by Gasteiger charge is 2.18. The van der Waals surface area contributed by atoms with E-state index < -0.39 is 11.9 Å². The number of hydrogen-bond donors (Lipinski definition) is 1. The fraction of sp³-hybridized carbons (Fsp3) is 0.294. The third-order valence-electron chi connectivity index (χ3n) is 3.49. The monoisotopic (exact) mass is 334 g/mol. The molecule has 1 aromatic heterocycles. The van der Waals surface area contributed by atoms with Crippen LogP contribution in [0.2, 0.25) is 0 Å². The number of aromatic nitrogens is 1. The number of methoxy groups -OCH3 is 2. The molecule has 1 aromatic carbocycles. The van der Waals surface area contributed by atoms with Crippen molar-refractivity contribution in [2.24, 2.45) is 0 Å². The van der Waals surface area contributed by atoms with Gasteiger partial charge >= 0.3 is 0 Å². The van der Waals surface area contributed by atoms with E-state index in [0.29, 0.717) is 11.5 Å². The summed E-state index contributed by atoms with van der Waals surface area (Å²) in [6.07, 6.45) is 1.23. The number of aliphatic hydroxyl groups excluding tert-OH is 1. The topological polar surface area (TPSA) is 71.9 Å². The molecule has 1 amide bonds. The Kier molecular flexibility index (Phi) is 6.08. The highest BCUT2D eigenvalue weighted by Crippen LogP contribution is 2.26. The number of nitrogens with zero attached hydrogens (tertiary/aromatic N) is 2. The van der Waals surface area contributed by atoms with Crippen LogP contribution < -0.4 is 9.47 Å². The minimum Gasteiger partial charge on any atom is -0.497 e. The summed E-state index contributed by atoms with van der Waals surface area (Å²) in [5, 5.41) is 9.24. The number of carbonyl (C=O) groups excluding carboxylic acids is 1. The van der Waals surface area contributed by atoms with Gasteiger partial charge in [0, 0.05) is 42.5 Å². The molecule has 6 nitrogen and oxygen atoms in total. The van der Waals surface area contributed by atoms with E-state index in [9.17, 15) is 14.3 Å². The lowest BCUT2D eigenvalue weighted by Gasteiger charge is -2.23. The molecule has 0 aliphatic rings. The molecule has 0 saturated carbocycles. The molecule has 0 atom stereocenters. The number of pyridine rings is 1. The molecule has 0 bridgehead atoms. The van der Waals surface area contributed by atoms with Crippen LogP contribution in [-0.2, 0) is 6.54 Å². The van der Waals surface area contributed by atoms with Gasteiger partial charge < -0.3 is 19.5 Å². The van der Waals surface area contributed by atoms with Gasteiger partial charge in [-0.3, -0.25) is 4.79 Å². The Morgan fingerprint density at radius 1 is 1.25 bits per heavy atom. The predicted octanol–water partition coefficient (Wildman–Crippen LogP) is 1.87. The summed E-state index contributed by atoms with van der Waals surface area (Å²) in [5.74, 6) is 0.0629. The van der Waals surface area contributed by atoms with Crippen molar-refractivity contribution in [3.63, 3.8) is 0 Å². The number of amides is 1. The maximum absolute atomic E-state index is 13.2.